The first-order chi connectivity index (χ1) is 12.1. The van der Waals surface area contributed by atoms with E-state index in [1.807, 2.05) is 5.32 Å². The molecule has 0 spiro atoms. The quantitative estimate of drug-likeness (QED) is 0.735. The molecule has 0 saturated carbocycles. The van der Waals surface area contributed by atoms with Crippen LogP contribution in [0.25, 0.3) is 21.7 Å². The van der Waals surface area contributed by atoms with Crippen LogP contribution in [0.1, 0.15) is 6.92 Å². The van der Waals surface area contributed by atoms with Gasteiger partial charge in [-0.2, -0.15) is 13.2 Å². The molecule has 134 valence electrons. The summed E-state index contributed by atoms with van der Waals surface area (Å²) >= 11 is 0. The Bertz CT molecular complexity index is 1080. The van der Waals surface area contributed by atoms with Crippen LogP contribution in [0.4, 0.5) is 18.9 Å². The Morgan fingerprint density at radius 1 is 1.12 bits per heavy atom. The van der Waals surface area contributed by atoms with E-state index in [-0.39, 0.29) is 16.5 Å². The molecular formula is C18H13F3N2O3. The number of hydrogen-bond acceptors (Lipinski definition) is 4. The maximum Gasteiger partial charge on any atom is 0.426 e. The molecule has 26 heavy (non-hydrogen) atoms. The molecule has 0 fully saturated rings. The van der Waals surface area contributed by atoms with Gasteiger partial charge < -0.3 is 10.4 Å². The number of anilines is 1. The summed E-state index contributed by atoms with van der Waals surface area (Å²) < 4.78 is 38.3. The van der Waals surface area contributed by atoms with Crippen molar-refractivity contribution in [3.63, 3.8) is 0 Å². The summed E-state index contributed by atoms with van der Waals surface area (Å²) in [6.45, 7) is 0.363. The molecule has 3 aromatic rings. The second-order valence-corrected chi connectivity index (χ2v) is 5.92. The molecule has 0 aliphatic rings. The Balaban J connectivity index is 2.10. The molecule has 0 aliphatic carbocycles. The van der Waals surface area contributed by atoms with Gasteiger partial charge in [-0.25, -0.2) is 0 Å². The second kappa shape index (κ2) is 6.06. The number of benzene rings is 1. The third-order valence-electron chi connectivity index (χ3n) is 4.05. The molecular weight excluding hydrogens is 349 g/mol. The van der Waals surface area contributed by atoms with Crippen LogP contribution in [-0.4, -0.2) is 27.8 Å². The van der Waals surface area contributed by atoms with Gasteiger partial charge in [-0.1, -0.05) is 12.1 Å². The minimum Gasteiger partial charge on any atom is -0.373 e. The summed E-state index contributed by atoms with van der Waals surface area (Å²) in [5, 5.41) is 12.5. The van der Waals surface area contributed by atoms with Gasteiger partial charge in [0.1, 0.15) is 0 Å². The highest BCUT2D eigenvalue weighted by molar-refractivity contribution is 6.00. The largest absolute Gasteiger partial charge is 0.426 e. The molecule has 0 saturated heterocycles. The number of fused-ring (bicyclic) bond motifs is 2. The van der Waals surface area contributed by atoms with Crippen LogP contribution in [0.15, 0.2) is 53.5 Å². The van der Waals surface area contributed by atoms with Crippen molar-refractivity contribution >= 4 is 33.3 Å². The highest BCUT2D eigenvalue weighted by Gasteiger charge is 2.55. The van der Waals surface area contributed by atoms with Crippen molar-refractivity contribution in [2.24, 2.45) is 0 Å². The molecule has 1 heterocycles. The molecule has 1 amide bonds. The van der Waals surface area contributed by atoms with E-state index >= 15 is 0 Å². The van der Waals surface area contributed by atoms with Gasteiger partial charge in [-0.3, -0.25) is 14.6 Å². The first kappa shape index (κ1) is 17.8. The molecule has 1 atom stereocenters. The SMILES string of the molecule is CC(O)(C(=O)Nc1ccc2ccc3ncccc3c(=O)c2c1)C(F)(F)F. The smallest absolute Gasteiger partial charge is 0.373 e. The maximum atomic E-state index is 12.8. The van der Waals surface area contributed by atoms with Crippen molar-refractivity contribution in [3.05, 3.63) is 58.9 Å². The van der Waals surface area contributed by atoms with E-state index in [0.29, 0.717) is 23.2 Å². The Morgan fingerprint density at radius 3 is 2.50 bits per heavy atom. The summed E-state index contributed by atoms with van der Waals surface area (Å²) in [4.78, 5) is 28.6. The Kier molecular flexibility index (Phi) is 4.15. The minimum atomic E-state index is -5.13. The highest BCUT2D eigenvalue weighted by Crippen LogP contribution is 2.31. The predicted octanol–water partition coefficient (Wildman–Crippen LogP) is 3.00. The van der Waals surface area contributed by atoms with Crippen LogP contribution in [0.3, 0.4) is 0 Å². The van der Waals surface area contributed by atoms with E-state index in [0.717, 1.165) is 0 Å². The number of amides is 1. The Morgan fingerprint density at radius 2 is 1.81 bits per heavy atom. The van der Waals surface area contributed by atoms with Gasteiger partial charge in [0.25, 0.3) is 5.91 Å². The van der Waals surface area contributed by atoms with Crippen molar-refractivity contribution in [2.75, 3.05) is 5.32 Å². The lowest BCUT2D eigenvalue weighted by molar-refractivity contribution is -0.242. The van der Waals surface area contributed by atoms with Crippen molar-refractivity contribution in [2.45, 2.75) is 18.7 Å². The van der Waals surface area contributed by atoms with E-state index in [9.17, 15) is 27.9 Å². The fourth-order valence-corrected chi connectivity index (χ4v) is 2.41. The number of aliphatic hydroxyl groups is 1. The number of nitrogens with zero attached hydrogens (tertiary/aromatic N) is 1. The van der Waals surface area contributed by atoms with Crippen molar-refractivity contribution in [3.8, 4) is 0 Å². The number of alkyl halides is 3. The standard InChI is InChI=1S/C18H13F3N2O3/c1-17(26,18(19,20)21)16(25)23-11-6-4-10-5-7-14-12(3-2-8-22-14)15(24)13(10)9-11/h2-9,26H,1H3,(H,23,25). The van der Waals surface area contributed by atoms with Crippen molar-refractivity contribution in [1.82, 2.24) is 4.98 Å². The van der Waals surface area contributed by atoms with E-state index in [2.05, 4.69) is 4.98 Å². The average Bonchev–Trinajstić information content (AvgIpc) is 2.72. The van der Waals surface area contributed by atoms with Crippen molar-refractivity contribution in [1.29, 1.82) is 0 Å². The fraction of sp³-hybridized carbons (Fsp3) is 0.167. The van der Waals surface area contributed by atoms with Gasteiger partial charge in [0.05, 0.1) is 5.52 Å². The maximum absolute atomic E-state index is 12.8. The molecule has 1 unspecified atom stereocenters. The lowest BCUT2D eigenvalue weighted by Crippen LogP contribution is -2.52. The normalized spacial score (nSPS) is 14.2. The summed E-state index contributed by atoms with van der Waals surface area (Å²) in [5.74, 6) is -1.64. The Hall–Kier alpha value is -3.00. The number of pyridine rings is 1. The zero-order chi connectivity index (χ0) is 19.1. The number of carbonyl (C=O) groups is 1. The monoisotopic (exact) mass is 362 g/mol. The van der Waals surface area contributed by atoms with Crippen LogP contribution in [0.5, 0.6) is 0 Å². The molecule has 0 aliphatic heterocycles. The number of hydrogen-bond donors (Lipinski definition) is 2. The second-order valence-electron chi connectivity index (χ2n) is 5.92. The molecule has 0 bridgehead atoms. The fourth-order valence-electron chi connectivity index (χ4n) is 2.41. The molecule has 3 rings (SSSR count). The van der Waals surface area contributed by atoms with E-state index in [1.54, 1.807) is 24.3 Å². The lowest BCUT2D eigenvalue weighted by Gasteiger charge is -2.24. The van der Waals surface area contributed by atoms with E-state index in [4.69, 9.17) is 0 Å². The first-order valence-electron chi connectivity index (χ1n) is 7.53. The molecule has 8 heteroatoms. The predicted molar refractivity (Wildman–Crippen MR) is 90.8 cm³/mol. The van der Waals surface area contributed by atoms with Crippen LogP contribution < -0.4 is 10.7 Å². The highest BCUT2D eigenvalue weighted by atomic mass is 19.4. The van der Waals surface area contributed by atoms with Gasteiger partial charge in [-0.05, 0) is 42.6 Å². The molecule has 0 radical (unpaired) electrons. The van der Waals surface area contributed by atoms with Crippen molar-refractivity contribution < 1.29 is 23.1 Å². The first-order valence-corrected chi connectivity index (χ1v) is 7.53. The topological polar surface area (TPSA) is 79.3 Å². The van der Waals surface area contributed by atoms with E-state index < -0.39 is 17.7 Å². The van der Waals surface area contributed by atoms with Crippen LogP contribution in [-0.2, 0) is 4.79 Å². The molecule has 1 aromatic heterocycles. The zero-order valence-corrected chi connectivity index (χ0v) is 13.5. The third-order valence-corrected chi connectivity index (χ3v) is 4.05. The molecule has 2 N–H and O–H groups in total. The lowest BCUT2D eigenvalue weighted by atomic mass is 10.1. The van der Waals surface area contributed by atoms with Gasteiger partial charge in [0.2, 0.25) is 5.60 Å². The van der Waals surface area contributed by atoms with Gasteiger partial charge in [0.15, 0.2) is 5.43 Å². The summed E-state index contributed by atoms with van der Waals surface area (Å²) in [5.41, 5.74) is -3.49. The summed E-state index contributed by atoms with van der Waals surface area (Å²) in [6.07, 6.45) is -3.59. The third kappa shape index (κ3) is 2.99. The zero-order valence-electron chi connectivity index (χ0n) is 13.5. The number of halogens is 3. The van der Waals surface area contributed by atoms with Crippen LogP contribution in [0.2, 0.25) is 0 Å². The van der Waals surface area contributed by atoms with Crippen LogP contribution >= 0.6 is 0 Å². The van der Waals surface area contributed by atoms with Gasteiger partial charge in [0, 0.05) is 22.7 Å². The number of rotatable bonds is 2. The number of nitrogens with one attached hydrogen (secondary N) is 1. The Labute approximate surface area is 145 Å². The minimum absolute atomic E-state index is 0.0348. The molecule has 5 nitrogen and oxygen atoms in total. The van der Waals surface area contributed by atoms with Gasteiger partial charge in [-0.15, -0.1) is 0 Å². The average molecular weight is 362 g/mol. The molecule has 2 aromatic carbocycles. The van der Waals surface area contributed by atoms with Crippen LogP contribution in [0, 0.1) is 0 Å². The summed E-state index contributed by atoms with van der Waals surface area (Å²) in [6, 6.07) is 10.6. The summed E-state index contributed by atoms with van der Waals surface area (Å²) in [7, 11) is 0. The van der Waals surface area contributed by atoms with Gasteiger partial charge >= 0.3 is 6.18 Å². The number of aromatic nitrogens is 1. The number of carbonyl (C=O) groups excluding carboxylic acids is 1. The van der Waals surface area contributed by atoms with E-state index in [1.165, 1.54) is 24.4 Å².